The normalized spacial score (nSPS) is 14.1. The predicted molar refractivity (Wildman–Crippen MR) is 185 cm³/mol. The lowest BCUT2D eigenvalue weighted by atomic mass is 9.94. The van der Waals surface area contributed by atoms with E-state index in [1.165, 1.54) is 35.2 Å². The Kier molecular flexibility index (Phi) is 11.5. The predicted octanol–water partition coefficient (Wildman–Crippen LogP) is 6.53. The number of hydrogen-bond acceptors (Lipinski definition) is 6. The van der Waals surface area contributed by atoms with Crippen LogP contribution in [0.2, 0.25) is 5.02 Å². The van der Waals surface area contributed by atoms with Crippen molar-refractivity contribution in [3.63, 3.8) is 0 Å². The van der Waals surface area contributed by atoms with Crippen LogP contribution in [0.15, 0.2) is 114 Å². The Morgan fingerprint density at radius 2 is 1.50 bits per heavy atom. The van der Waals surface area contributed by atoms with E-state index in [0.717, 1.165) is 48.0 Å². The third kappa shape index (κ3) is 8.78. The van der Waals surface area contributed by atoms with Gasteiger partial charge in [-0.15, -0.1) is 0 Å². The number of sulfonamides is 1. The summed E-state index contributed by atoms with van der Waals surface area (Å²) < 4.78 is 29.1. The summed E-state index contributed by atoms with van der Waals surface area (Å²) in [7, 11) is -4.39. The van der Waals surface area contributed by atoms with Crippen LogP contribution in [-0.2, 0) is 32.6 Å². The van der Waals surface area contributed by atoms with Gasteiger partial charge < -0.3 is 10.2 Å². The van der Waals surface area contributed by atoms with Gasteiger partial charge in [-0.2, -0.15) is 0 Å². The first-order valence-electron chi connectivity index (χ1n) is 15.8. The molecular formula is C36H37ClN4O6S. The smallest absolute Gasteiger partial charge is 0.271 e. The number of anilines is 1. The fourth-order valence-electron chi connectivity index (χ4n) is 5.94. The number of amides is 2. The van der Waals surface area contributed by atoms with Crippen molar-refractivity contribution in [2.24, 2.45) is 0 Å². The lowest BCUT2D eigenvalue weighted by molar-refractivity contribution is -0.384. The van der Waals surface area contributed by atoms with Crippen LogP contribution in [0.5, 0.6) is 0 Å². The fraction of sp³-hybridized carbons (Fsp3) is 0.278. The number of carbonyl (C=O) groups excluding carboxylic acids is 2. The van der Waals surface area contributed by atoms with Crippen LogP contribution in [0.4, 0.5) is 11.4 Å². The molecule has 5 rings (SSSR count). The Hall–Kier alpha value is -4.74. The lowest BCUT2D eigenvalue weighted by Crippen LogP contribution is -2.55. The minimum atomic E-state index is -4.39. The second-order valence-corrected chi connectivity index (χ2v) is 14.1. The molecule has 0 heterocycles. The first kappa shape index (κ1) is 34.6. The van der Waals surface area contributed by atoms with Crippen molar-refractivity contribution in [3.05, 3.63) is 135 Å². The summed E-state index contributed by atoms with van der Waals surface area (Å²) in [5.41, 5.74) is 1.07. The van der Waals surface area contributed by atoms with Gasteiger partial charge in [-0.25, -0.2) is 8.42 Å². The Labute approximate surface area is 285 Å². The van der Waals surface area contributed by atoms with E-state index in [1.54, 1.807) is 42.5 Å². The van der Waals surface area contributed by atoms with Gasteiger partial charge in [0.05, 0.1) is 15.5 Å². The molecule has 1 unspecified atom stereocenters. The van der Waals surface area contributed by atoms with Crippen LogP contribution < -0.4 is 9.62 Å². The molecule has 4 aromatic rings. The number of nitrogens with zero attached hydrogens (tertiary/aromatic N) is 3. The number of non-ortho nitro benzene ring substituents is 1. The van der Waals surface area contributed by atoms with Crippen molar-refractivity contribution in [2.45, 2.75) is 62.0 Å². The molecule has 10 nitrogen and oxygen atoms in total. The molecule has 1 fully saturated rings. The number of carbonyl (C=O) groups is 2. The van der Waals surface area contributed by atoms with Gasteiger partial charge >= 0.3 is 0 Å². The molecule has 1 saturated carbocycles. The molecular weight excluding hydrogens is 652 g/mol. The van der Waals surface area contributed by atoms with Crippen molar-refractivity contribution in [2.75, 3.05) is 10.8 Å². The van der Waals surface area contributed by atoms with Crippen LogP contribution in [0.25, 0.3) is 0 Å². The van der Waals surface area contributed by atoms with Crippen molar-refractivity contribution in [3.8, 4) is 0 Å². The van der Waals surface area contributed by atoms with Gasteiger partial charge in [0.1, 0.15) is 12.6 Å². The quantitative estimate of drug-likeness (QED) is 0.126. The maximum atomic E-state index is 14.6. The molecule has 250 valence electrons. The number of nitro benzene ring substituents is 1. The van der Waals surface area contributed by atoms with Crippen molar-refractivity contribution >= 4 is 44.8 Å². The van der Waals surface area contributed by atoms with Crippen molar-refractivity contribution in [1.29, 1.82) is 0 Å². The first-order chi connectivity index (χ1) is 23.1. The summed E-state index contributed by atoms with van der Waals surface area (Å²) >= 11 is 6.32. The number of rotatable bonds is 13. The van der Waals surface area contributed by atoms with Gasteiger partial charge in [0.25, 0.3) is 15.7 Å². The Bertz CT molecular complexity index is 1840. The standard InChI is InChI=1S/C36H37ClN4O6S/c37-29-15-10-14-28(22-29)25-39(34(23-27-12-4-1-5-13-27)36(43)38-30-16-6-2-7-17-30)35(42)26-40(31-18-11-19-32(24-31)41(44)45)48(46,47)33-20-8-3-9-21-33/h1,3-5,8-15,18-22,24,30,34H,2,6-7,16-17,23,25-26H2,(H,38,43). The minimum Gasteiger partial charge on any atom is -0.352 e. The molecule has 1 aliphatic carbocycles. The van der Waals surface area contributed by atoms with E-state index in [9.17, 15) is 28.1 Å². The topological polar surface area (TPSA) is 130 Å². The third-order valence-corrected chi connectivity index (χ3v) is 10.4. The summed E-state index contributed by atoms with van der Waals surface area (Å²) in [5.74, 6) is -1.00. The molecule has 4 aromatic carbocycles. The van der Waals surface area contributed by atoms with E-state index in [0.29, 0.717) is 10.6 Å². The van der Waals surface area contributed by atoms with Crippen LogP contribution in [-0.4, -0.2) is 48.7 Å². The molecule has 48 heavy (non-hydrogen) atoms. The highest BCUT2D eigenvalue weighted by molar-refractivity contribution is 7.92. The highest BCUT2D eigenvalue weighted by atomic mass is 35.5. The van der Waals surface area contributed by atoms with Gasteiger partial charge in [0, 0.05) is 36.2 Å². The number of nitro groups is 1. The van der Waals surface area contributed by atoms with Gasteiger partial charge in [-0.05, 0) is 54.3 Å². The van der Waals surface area contributed by atoms with Gasteiger partial charge in [-0.3, -0.25) is 24.0 Å². The monoisotopic (exact) mass is 688 g/mol. The van der Waals surface area contributed by atoms with Crippen LogP contribution in [0.1, 0.15) is 43.2 Å². The molecule has 1 aliphatic rings. The van der Waals surface area contributed by atoms with E-state index >= 15 is 0 Å². The van der Waals surface area contributed by atoms with Crippen LogP contribution in [0, 0.1) is 10.1 Å². The number of halogens is 1. The second kappa shape index (κ2) is 15.9. The Morgan fingerprint density at radius 1 is 0.854 bits per heavy atom. The molecule has 0 aromatic heterocycles. The second-order valence-electron chi connectivity index (χ2n) is 11.8. The third-order valence-electron chi connectivity index (χ3n) is 8.40. The molecule has 1 atom stereocenters. The molecule has 0 saturated heterocycles. The van der Waals surface area contributed by atoms with Gasteiger partial charge in [0.15, 0.2) is 0 Å². The maximum absolute atomic E-state index is 14.6. The molecule has 0 bridgehead atoms. The fourth-order valence-corrected chi connectivity index (χ4v) is 7.58. The van der Waals surface area contributed by atoms with E-state index < -0.39 is 33.4 Å². The molecule has 12 heteroatoms. The van der Waals surface area contributed by atoms with E-state index in [4.69, 9.17) is 11.6 Å². The maximum Gasteiger partial charge on any atom is 0.271 e. The van der Waals surface area contributed by atoms with Gasteiger partial charge in [-0.1, -0.05) is 97.6 Å². The zero-order valence-corrected chi connectivity index (χ0v) is 27.9. The van der Waals surface area contributed by atoms with E-state index in [1.807, 2.05) is 30.3 Å². The van der Waals surface area contributed by atoms with E-state index in [2.05, 4.69) is 5.32 Å². The Morgan fingerprint density at radius 3 is 2.17 bits per heavy atom. The lowest BCUT2D eigenvalue weighted by Gasteiger charge is -2.35. The summed E-state index contributed by atoms with van der Waals surface area (Å²) in [4.78, 5) is 41.1. The molecule has 0 radical (unpaired) electrons. The summed E-state index contributed by atoms with van der Waals surface area (Å²) in [5, 5.41) is 15.3. The van der Waals surface area contributed by atoms with Crippen molar-refractivity contribution in [1.82, 2.24) is 10.2 Å². The molecule has 1 N–H and O–H groups in total. The summed E-state index contributed by atoms with van der Waals surface area (Å²) in [6, 6.07) is 27.9. The number of hydrogen-bond donors (Lipinski definition) is 1. The first-order valence-corrected chi connectivity index (χ1v) is 17.6. The number of nitrogens with one attached hydrogen (secondary N) is 1. The zero-order valence-electron chi connectivity index (χ0n) is 26.3. The highest BCUT2D eigenvalue weighted by Gasteiger charge is 2.35. The number of benzene rings is 4. The zero-order chi connectivity index (χ0) is 34.1. The molecule has 0 spiro atoms. The molecule has 2 amide bonds. The summed E-state index contributed by atoms with van der Waals surface area (Å²) in [6.07, 6.45) is 4.93. The minimum absolute atomic E-state index is 0.0348. The van der Waals surface area contributed by atoms with Crippen LogP contribution in [0.3, 0.4) is 0 Å². The molecule has 0 aliphatic heterocycles. The van der Waals surface area contributed by atoms with Gasteiger partial charge in [0.2, 0.25) is 11.8 Å². The SMILES string of the molecule is O=C(NC1CCCCC1)C(Cc1ccccc1)N(Cc1cccc(Cl)c1)C(=O)CN(c1cccc([N+](=O)[O-])c1)S(=O)(=O)c1ccccc1. The van der Waals surface area contributed by atoms with E-state index in [-0.39, 0.29) is 41.2 Å². The van der Waals surface area contributed by atoms with Crippen LogP contribution >= 0.6 is 11.6 Å². The summed E-state index contributed by atoms with van der Waals surface area (Å²) in [6.45, 7) is -0.760. The van der Waals surface area contributed by atoms with Crippen molar-refractivity contribution < 1.29 is 22.9 Å². The highest BCUT2D eigenvalue weighted by Crippen LogP contribution is 2.28. The Balaban J connectivity index is 1.58. The largest absolute Gasteiger partial charge is 0.352 e. The average molecular weight is 689 g/mol. The average Bonchev–Trinajstić information content (AvgIpc) is 3.10.